The number of thiophene rings is 1. The number of benzene rings is 2. The van der Waals surface area contributed by atoms with Crippen LogP contribution in [0.2, 0.25) is 0 Å². The van der Waals surface area contributed by atoms with Gasteiger partial charge in [-0.05, 0) is 49.7 Å². The summed E-state index contributed by atoms with van der Waals surface area (Å²) in [5.41, 5.74) is 0.801. The van der Waals surface area contributed by atoms with Gasteiger partial charge in [-0.25, -0.2) is 0 Å². The normalized spacial score (nSPS) is 13.1. The molecule has 2 aromatic heterocycles. The molecule has 2 aromatic carbocycles. The van der Waals surface area contributed by atoms with Gasteiger partial charge in [0.15, 0.2) is 0 Å². The average Bonchev–Trinajstić information content (AvgIpc) is 3.43. The molecule has 0 saturated heterocycles. The van der Waals surface area contributed by atoms with Crippen LogP contribution in [0, 0.1) is 5.41 Å². The number of halogens is 3. The largest absolute Gasteiger partial charge is 0.488 e. The Kier molecular flexibility index (Phi) is 6.90. The minimum atomic E-state index is -4.47. The number of carbonyl (C=O) groups excluding carboxylic acids is 1. The van der Waals surface area contributed by atoms with Crippen molar-refractivity contribution in [2.24, 2.45) is 12.5 Å². The van der Waals surface area contributed by atoms with Crippen LogP contribution >= 0.6 is 11.3 Å². The molecule has 36 heavy (non-hydrogen) atoms. The van der Waals surface area contributed by atoms with E-state index in [2.05, 4.69) is 0 Å². The van der Waals surface area contributed by atoms with Crippen molar-refractivity contribution in [3.05, 3.63) is 76.1 Å². The molecule has 2 heterocycles. The van der Waals surface area contributed by atoms with Gasteiger partial charge in [0, 0.05) is 34.1 Å². The Morgan fingerprint density at radius 1 is 1.08 bits per heavy atom. The fourth-order valence-corrected chi connectivity index (χ4v) is 5.12. The maximum atomic E-state index is 13.7. The molecule has 0 aliphatic heterocycles. The van der Waals surface area contributed by atoms with Gasteiger partial charge in [-0.3, -0.25) is 4.79 Å². The van der Waals surface area contributed by atoms with E-state index in [0.717, 1.165) is 10.9 Å². The standard InChI is InChI=1S/C27H26F3NO4S/c1-26(2,25(33)34-4)23(32)22-13-17-12-18(10-11-21(17)31(22)3)35-15-19-14-20(16-8-6-5-7-9-16)24(36-19)27(28,29)30/h5-14,23,32H,15H2,1-4H3. The molecular weight excluding hydrogens is 491 g/mol. The second-order valence-electron chi connectivity index (χ2n) is 9.07. The number of aromatic nitrogens is 1. The van der Waals surface area contributed by atoms with Gasteiger partial charge >= 0.3 is 12.1 Å². The topological polar surface area (TPSA) is 60.7 Å². The Bertz CT molecular complexity index is 1390. The molecule has 0 aliphatic rings. The van der Waals surface area contributed by atoms with Crippen LogP contribution in [-0.4, -0.2) is 22.8 Å². The van der Waals surface area contributed by atoms with E-state index < -0.39 is 28.5 Å². The van der Waals surface area contributed by atoms with Crippen LogP contribution < -0.4 is 4.74 Å². The lowest BCUT2D eigenvalue weighted by molar-refractivity contribution is -0.157. The molecule has 0 bridgehead atoms. The molecule has 5 nitrogen and oxygen atoms in total. The van der Waals surface area contributed by atoms with Crippen LogP contribution in [0.4, 0.5) is 13.2 Å². The van der Waals surface area contributed by atoms with Crippen molar-refractivity contribution in [2.75, 3.05) is 7.11 Å². The Hall–Kier alpha value is -3.30. The molecule has 0 amide bonds. The maximum absolute atomic E-state index is 13.7. The number of ether oxygens (including phenoxy) is 2. The number of methoxy groups -OCH3 is 1. The lowest BCUT2D eigenvalue weighted by atomic mass is 9.84. The highest BCUT2D eigenvalue weighted by Gasteiger charge is 2.39. The van der Waals surface area contributed by atoms with Crippen molar-refractivity contribution >= 4 is 28.2 Å². The maximum Gasteiger partial charge on any atom is 0.426 e. The smallest absolute Gasteiger partial charge is 0.426 e. The van der Waals surface area contributed by atoms with Crippen molar-refractivity contribution < 1.29 is 32.5 Å². The SMILES string of the molecule is COC(=O)C(C)(C)C(O)c1cc2cc(OCc3cc(-c4ccccc4)c(C(F)(F)F)s3)ccc2n1C. The highest BCUT2D eigenvalue weighted by Crippen LogP contribution is 2.43. The van der Waals surface area contributed by atoms with Gasteiger partial charge in [-0.2, -0.15) is 13.2 Å². The molecule has 9 heteroatoms. The van der Waals surface area contributed by atoms with E-state index in [1.807, 2.05) is 0 Å². The summed E-state index contributed by atoms with van der Waals surface area (Å²) in [4.78, 5) is 11.9. The summed E-state index contributed by atoms with van der Waals surface area (Å²) >= 11 is 0.671. The fourth-order valence-electron chi connectivity index (χ4n) is 4.16. The van der Waals surface area contributed by atoms with Crippen molar-refractivity contribution in [1.29, 1.82) is 0 Å². The number of alkyl halides is 3. The Labute approximate surface area is 210 Å². The van der Waals surface area contributed by atoms with E-state index in [-0.39, 0.29) is 12.2 Å². The number of esters is 1. The molecule has 0 fully saturated rings. The van der Waals surface area contributed by atoms with Crippen molar-refractivity contribution in [3.8, 4) is 16.9 Å². The first-order valence-electron chi connectivity index (χ1n) is 11.2. The van der Waals surface area contributed by atoms with Crippen LogP contribution in [-0.2, 0) is 29.4 Å². The monoisotopic (exact) mass is 517 g/mol. The predicted molar refractivity (Wildman–Crippen MR) is 133 cm³/mol. The third-order valence-electron chi connectivity index (χ3n) is 6.23. The van der Waals surface area contributed by atoms with Crippen LogP contribution in [0.1, 0.15) is 35.4 Å². The highest BCUT2D eigenvalue weighted by atomic mass is 32.1. The number of hydrogen-bond acceptors (Lipinski definition) is 5. The summed E-state index contributed by atoms with van der Waals surface area (Å²) in [5, 5.41) is 11.7. The minimum absolute atomic E-state index is 0.0240. The van der Waals surface area contributed by atoms with E-state index in [1.165, 1.54) is 13.2 Å². The molecule has 1 unspecified atom stereocenters. The average molecular weight is 518 g/mol. The lowest BCUT2D eigenvalue weighted by Gasteiger charge is -2.28. The molecule has 4 aromatic rings. The lowest BCUT2D eigenvalue weighted by Crippen LogP contribution is -2.33. The third kappa shape index (κ3) is 4.85. The number of aliphatic hydroxyl groups is 1. The molecule has 0 radical (unpaired) electrons. The third-order valence-corrected chi connectivity index (χ3v) is 7.39. The van der Waals surface area contributed by atoms with E-state index in [0.29, 0.717) is 33.2 Å². The first-order chi connectivity index (χ1) is 16.9. The van der Waals surface area contributed by atoms with Gasteiger partial charge in [0.25, 0.3) is 0 Å². The number of aryl methyl sites for hydroxylation is 1. The molecule has 0 saturated carbocycles. The van der Waals surface area contributed by atoms with Gasteiger partial charge in [-0.1, -0.05) is 30.3 Å². The van der Waals surface area contributed by atoms with Gasteiger partial charge in [-0.15, -0.1) is 11.3 Å². The highest BCUT2D eigenvalue weighted by molar-refractivity contribution is 7.12. The number of nitrogens with zero attached hydrogens (tertiary/aromatic N) is 1. The zero-order chi connectivity index (χ0) is 26.3. The molecule has 190 valence electrons. The fraction of sp³-hybridized carbons (Fsp3) is 0.296. The van der Waals surface area contributed by atoms with Gasteiger partial charge in [0.05, 0.1) is 12.5 Å². The number of fused-ring (bicyclic) bond motifs is 1. The Balaban J connectivity index is 1.59. The summed E-state index contributed by atoms with van der Waals surface area (Å²) in [7, 11) is 3.06. The second-order valence-corrected chi connectivity index (χ2v) is 10.2. The van der Waals surface area contributed by atoms with E-state index in [4.69, 9.17) is 9.47 Å². The molecule has 0 spiro atoms. The second kappa shape index (κ2) is 9.63. The zero-order valence-electron chi connectivity index (χ0n) is 20.2. The van der Waals surface area contributed by atoms with E-state index in [1.54, 1.807) is 80.1 Å². The zero-order valence-corrected chi connectivity index (χ0v) is 21.0. The summed E-state index contributed by atoms with van der Waals surface area (Å²) < 4.78 is 53.5. The number of aliphatic hydroxyl groups excluding tert-OH is 1. The number of carbonyl (C=O) groups is 1. The van der Waals surface area contributed by atoms with Crippen LogP contribution in [0.25, 0.3) is 22.0 Å². The number of hydrogen-bond donors (Lipinski definition) is 1. The van der Waals surface area contributed by atoms with Crippen LogP contribution in [0.15, 0.2) is 60.7 Å². The van der Waals surface area contributed by atoms with E-state index >= 15 is 0 Å². The first kappa shape index (κ1) is 25.8. The summed E-state index contributed by atoms with van der Waals surface area (Å²) in [6, 6.07) is 17.0. The van der Waals surface area contributed by atoms with Gasteiger partial charge in [0.2, 0.25) is 0 Å². The Morgan fingerprint density at radius 2 is 1.78 bits per heavy atom. The summed E-state index contributed by atoms with van der Waals surface area (Å²) in [6.07, 6.45) is -5.58. The Morgan fingerprint density at radius 3 is 2.42 bits per heavy atom. The predicted octanol–water partition coefficient (Wildman–Crippen LogP) is 6.74. The molecule has 1 N–H and O–H groups in total. The first-order valence-corrected chi connectivity index (χ1v) is 12.0. The van der Waals surface area contributed by atoms with Crippen molar-refractivity contribution in [2.45, 2.75) is 32.7 Å². The van der Waals surface area contributed by atoms with Crippen LogP contribution in [0.3, 0.4) is 0 Å². The van der Waals surface area contributed by atoms with Crippen LogP contribution in [0.5, 0.6) is 5.75 Å². The minimum Gasteiger partial charge on any atom is -0.488 e. The van der Waals surface area contributed by atoms with Gasteiger partial charge < -0.3 is 19.1 Å². The van der Waals surface area contributed by atoms with E-state index in [9.17, 15) is 23.1 Å². The number of rotatable bonds is 7. The molecule has 1 atom stereocenters. The summed E-state index contributed by atoms with van der Waals surface area (Å²) in [6.45, 7) is 3.19. The molecule has 0 aliphatic carbocycles. The molecular formula is C27H26F3NO4S. The van der Waals surface area contributed by atoms with Crippen molar-refractivity contribution in [1.82, 2.24) is 4.57 Å². The quantitative estimate of drug-likeness (QED) is 0.276. The molecule has 4 rings (SSSR count). The summed E-state index contributed by atoms with van der Waals surface area (Å²) in [5.74, 6) is -0.0575. The van der Waals surface area contributed by atoms with Crippen molar-refractivity contribution in [3.63, 3.8) is 0 Å². The van der Waals surface area contributed by atoms with Gasteiger partial charge in [0.1, 0.15) is 23.3 Å².